The Labute approximate surface area is 112 Å². The van der Waals surface area contributed by atoms with Crippen molar-refractivity contribution >= 4 is 21.7 Å². The number of sulfone groups is 1. The predicted molar refractivity (Wildman–Crippen MR) is 67.5 cm³/mol. The molecule has 19 heavy (non-hydrogen) atoms. The zero-order chi connectivity index (χ0) is 14.8. The summed E-state index contributed by atoms with van der Waals surface area (Å²) < 4.78 is 26.9. The molecule has 0 radical (unpaired) electrons. The molecule has 1 aliphatic rings. The topological polar surface area (TPSA) is 101 Å². The van der Waals surface area contributed by atoms with Crippen molar-refractivity contribution in [3.63, 3.8) is 0 Å². The number of carboxylic acids is 1. The van der Waals surface area contributed by atoms with E-state index in [0.717, 1.165) is 6.26 Å². The molecule has 1 aliphatic heterocycles. The Morgan fingerprint density at radius 2 is 2.00 bits per heavy atom. The monoisotopic (exact) mass is 293 g/mol. The first-order valence-electron chi connectivity index (χ1n) is 5.87. The minimum Gasteiger partial charge on any atom is -0.481 e. The van der Waals surface area contributed by atoms with Gasteiger partial charge >= 0.3 is 5.97 Å². The molecule has 0 aromatic carbocycles. The van der Waals surface area contributed by atoms with Gasteiger partial charge < -0.3 is 14.7 Å². The smallest absolute Gasteiger partial charge is 0.305 e. The summed E-state index contributed by atoms with van der Waals surface area (Å²) in [4.78, 5) is 24.4. The van der Waals surface area contributed by atoms with Gasteiger partial charge in [-0.25, -0.2) is 8.42 Å². The van der Waals surface area contributed by atoms with Gasteiger partial charge in [-0.05, 0) is 13.8 Å². The fourth-order valence-electron chi connectivity index (χ4n) is 1.80. The molecule has 1 saturated heterocycles. The Bertz CT molecular complexity index is 470. The fourth-order valence-corrected chi connectivity index (χ4v) is 2.23. The highest BCUT2D eigenvalue weighted by Crippen LogP contribution is 2.22. The van der Waals surface area contributed by atoms with Crippen molar-refractivity contribution in [3.8, 4) is 0 Å². The number of carboxylic acid groups (broad SMARTS) is 1. The van der Waals surface area contributed by atoms with Crippen LogP contribution in [0.4, 0.5) is 0 Å². The van der Waals surface area contributed by atoms with Crippen LogP contribution in [-0.2, 0) is 24.2 Å². The zero-order valence-corrected chi connectivity index (χ0v) is 12.1. The van der Waals surface area contributed by atoms with Gasteiger partial charge in [0.25, 0.3) is 0 Å². The lowest BCUT2D eigenvalue weighted by molar-refractivity contribution is -0.147. The lowest BCUT2D eigenvalue weighted by Crippen LogP contribution is -2.57. The van der Waals surface area contributed by atoms with E-state index in [2.05, 4.69) is 0 Å². The van der Waals surface area contributed by atoms with Crippen LogP contribution in [0.25, 0.3) is 0 Å². The molecule has 1 fully saturated rings. The van der Waals surface area contributed by atoms with Crippen LogP contribution in [0.15, 0.2) is 0 Å². The van der Waals surface area contributed by atoms with Gasteiger partial charge in [0.1, 0.15) is 4.75 Å². The molecule has 0 spiro atoms. The third-order valence-corrected chi connectivity index (χ3v) is 5.37. The van der Waals surface area contributed by atoms with E-state index in [1.165, 1.54) is 18.7 Å². The van der Waals surface area contributed by atoms with E-state index in [1.54, 1.807) is 0 Å². The van der Waals surface area contributed by atoms with Gasteiger partial charge in [0.05, 0.1) is 25.7 Å². The molecule has 8 heteroatoms. The number of rotatable bonds is 4. The largest absolute Gasteiger partial charge is 0.481 e. The van der Waals surface area contributed by atoms with Crippen LogP contribution in [0, 0.1) is 0 Å². The third-order valence-electron chi connectivity index (χ3n) is 3.34. The van der Waals surface area contributed by atoms with Gasteiger partial charge in [0, 0.05) is 12.8 Å². The molecule has 0 bridgehead atoms. The fraction of sp³-hybridized carbons (Fsp3) is 0.818. The molecular formula is C11H19NO6S. The van der Waals surface area contributed by atoms with Crippen molar-refractivity contribution < 1.29 is 27.9 Å². The maximum Gasteiger partial charge on any atom is 0.305 e. The summed E-state index contributed by atoms with van der Waals surface area (Å²) in [5, 5.41) is 8.82. The van der Waals surface area contributed by atoms with E-state index < -0.39 is 32.5 Å². The molecule has 1 heterocycles. The zero-order valence-electron chi connectivity index (χ0n) is 11.2. The second-order valence-corrected chi connectivity index (χ2v) is 7.67. The van der Waals surface area contributed by atoms with Gasteiger partial charge in [0.15, 0.2) is 9.84 Å². The molecule has 0 aliphatic carbocycles. The van der Waals surface area contributed by atoms with Crippen LogP contribution in [0.2, 0.25) is 0 Å². The maximum absolute atomic E-state index is 12.4. The lowest BCUT2D eigenvalue weighted by atomic mass is 10.1. The Hall–Kier alpha value is -1.15. The van der Waals surface area contributed by atoms with Crippen LogP contribution in [0.1, 0.15) is 20.3 Å². The number of carbonyl (C=O) groups excluding carboxylic acids is 1. The van der Waals surface area contributed by atoms with Crippen LogP contribution in [-0.4, -0.2) is 67.1 Å². The van der Waals surface area contributed by atoms with E-state index in [-0.39, 0.29) is 26.2 Å². The van der Waals surface area contributed by atoms with E-state index in [1.807, 2.05) is 0 Å². The SMILES string of the molecule is CC(C)(C(=O)N1CCOCC1CC(=O)O)S(C)(=O)=O. The summed E-state index contributed by atoms with van der Waals surface area (Å²) in [6.45, 7) is 3.26. The predicted octanol–water partition coefficient (Wildman–Crippen LogP) is -0.488. The van der Waals surface area contributed by atoms with Gasteiger partial charge in [-0.2, -0.15) is 0 Å². The summed E-state index contributed by atoms with van der Waals surface area (Å²) >= 11 is 0. The molecule has 0 saturated carbocycles. The molecular weight excluding hydrogens is 274 g/mol. The molecule has 0 aromatic rings. The van der Waals surface area contributed by atoms with E-state index in [0.29, 0.717) is 0 Å². The molecule has 110 valence electrons. The minimum absolute atomic E-state index is 0.109. The number of aliphatic carboxylic acids is 1. The van der Waals surface area contributed by atoms with Gasteiger partial charge in [-0.15, -0.1) is 0 Å². The van der Waals surface area contributed by atoms with Gasteiger partial charge in [0.2, 0.25) is 5.91 Å². The normalized spacial score (nSPS) is 21.2. The van der Waals surface area contributed by atoms with Gasteiger partial charge in [-0.3, -0.25) is 9.59 Å². The standard InChI is InChI=1S/C11H19NO6S/c1-11(2,19(3,16)17)10(15)12-4-5-18-7-8(12)6-9(13)14/h8H,4-7H2,1-3H3,(H,13,14). The molecule has 1 unspecified atom stereocenters. The summed E-state index contributed by atoms with van der Waals surface area (Å²) in [6, 6.07) is -0.625. The maximum atomic E-state index is 12.4. The Morgan fingerprint density at radius 3 is 2.47 bits per heavy atom. The van der Waals surface area contributed by atoms with Crippen LogP contribution in [0.5, 0.6) is 0 Å². The highest BCUT2D eigenvalue weighted by molar-refractivity contribution is 7.92. The quantitative estimate of drug-likeness (QED) is 0.750. The first-order valence-corrected chi connectivity index (χ1v) is 7.76. The number of nitrogens with zero attached hydrogens (tertiary/aromatic N) is 1. The number of amides is 1. The second-order valence-electron chi connectivity index (χ2n) is 5.11. The second kappa shape index (κ2) is 5.46. The Morgan fingerprint density at radius 1 is 1.42 bits per heavy atom. The van der Waals surface area contributed by atoms with Crippen molar-refractivity contribution in [2.24, 2.45) is 0 Å². The molecule has 1 amide bonds. The number of carbonyl (C=O) groups is 2. The number of hydrogen-bond acceptors (Lipinski definition) is 5. The van der Waals surface area contributed by atoms with Crippen molar-refractivity contribution in [1.82, 2.24) is 4.90 Å². The first kappa shape index (κ1) is 15.9. The number of ether oxygens (including phenoxy) is 1. The number of morpholine rings is 1. The lowest BCUT2D eigenvalue weighted by Gasteiger charge is -2.38. The first-order chi connectivity index (χ1) is 8.57. The van der Waals surface area contributed by atoms with Crippen molar-refractivity contribution in [2.45, 2.75) is 31.1 Å². The molecule has 1 rings (SSSR count). The third kappa shape index (κ3) is 3.44. The highest BCUT2D eigenvalue weighted by atomic mass is 32.2. The average molecular weight is 293 g/mol. The number of hydrogen-bond donors (Lipinski definition) is 1. The summed E-state index contributed by atoms with van der Waals surface area (Å²) in [6.07, 6.45) is 0.739. The summed E-state index contributed by atoms with van der Waals surface area (Å²) in [7, 11) is -3.58. The van der Waals surface area contributed by atoms with E-state index in [4.69, 9.17) is 9.84 Å². The van der Waals surface area contributed by atoms with Crippen LogP contribution in [0.3, 0.4) is 0 Å². The molecule has 0 aromatic heterocycles. The summed E-state index contributed by atoms with van der Waals surface area (Å²) in [5.74, 6) is -1.63. The van der Waals surface area contributed by atoms with Crippen molar-refractivity contribution in [2.75, 3.05) is 26.0 Å². The van der Waals surface area contributed by atoms with E-state index in [9.17, 15) is 18.0 Å². The van der Waals surface area contributed by atoms with Crippen LogP contribution >= 0.6 is 0 Å². The Kier molecular flexibility index (Phi) is 4.57. The van der Waals surface area contributed by atoms with Crippen molar-refractivity contribution in [1.29, 1.82) is 0 Å². The Balaban J connectivity index is 2.98. The van der Waals surface area contributed by atoms with Crippen molar-refractivity contribution in [3.05, 3.63) is 0 Å². The molecule has 7 nitrogen and oxygen atoms in total. The van der Waals surface area contributed by atoms with Crippen LogP contribution < -0.4 is 0 Å². The molecule has 1 N–H and O–H groups in total. The average Bonchev–Trinajstić information content (AvgIpc) is 2.26. The minimum atomic E-state index is -3.58. The summed E-state index contributed by atoms with van der Waals surface area (Å²) in [5.41, 5.74) is 0. The molecule has 1 atom stereocenters. The highest BCUT2D eigenvalue weighted by Gasteiger charge is 2.44. The van der Waals surface area contributed by atoms with Gasteiger partial charge in [-0.1, -0.05) is 0 Å². The van der Waals surface area contributed by atoms with E-state index >= 15 is 0 Å².